The topological polar surface area (TPSA) is 53.0 Å². The summed E-state index contributed by atoms with van der Waals surface area (Å²) in [7, 11) is 1.57. The summed E-state index contributed by atoms with van der Waals surface area (Å²) in [6.07, 6.45) is 3.68. The van der Waals surface area contributed by atoms with Gasteiger partial charge in [-0.15, -0.1) is 0 Å². The lowest BCUT2D eigenvalue weighted by molar-refractivity contribution is 0.0701. The van der Waals surface area contributed by atoms with Gasteiger partial charge in [0.1, 0.15) is 11.5 Å². The first-order valence-electron chi connectivity index (χ1n) is 9.40. The van der Waals surface area contributed by atoms with Crippen molar-refractivity contribution in [3.8, 4) is 11.5 Å². The minimum absolute atomic E-state index is 0.0194. The Balaban J connectivity index is 1.78. The largest absolute Gasteiger partial charge is 0.507 e. The van der Waals surface area contributed by atoms with E-state index in [1.165, 1.54) is 18.9 Å². The standard InChI is InChI=1S/C20H30N2O3/c1-14(2)18-13-22(10-4-9-21(18)12-15-5-6-15)20(24)17-11-16(25-3)7-8-19(17)23/h7-8,11,14-15,18,23H,4-6,9-10,12-13H2,1-3H3/t18-/m1/s1. The van der Waals surface area contributed by atoms with Gasteiger partial charge in [0.05, 0.1) is 12.7 Å². The van der Waals surface area contributed by atoms with Gasteiger partial charge in [-0.05, 0) is 49.3 Å². The van der Waals surface area contributed by atoms with E-state index >= 15 is 0 Å². The van der Waals surface area contributed by atoms with Crippen molar-refractivity contribution < 1.29 is 14.6 Å². The van der Waals surface area contributed by atoms with Crippen molar-refractivity contribution in [1.29, 1.82) is 0 Å². The summed E-state index contributed by atoms with van der Waals surface area (Å²) >= 11 is 0. The Kier molecular flexibility index (Phi) is 5.52. The van der Waals surface area contributed by atoms with E-state index in [0.717, 1.165) is 38.5 Å². The molecule has 0 radical (unpaired) electrons. The molecule has 138 valence electrons. The maximum Gasteiger partial charge on any atom is 0.257 e. The maximum atomic E-state index is 13.0. The number of phenolic OH excluding ortho intramolecular Hbond substituents is 1. The van der Waals surface area contributed by atoms with E-state index in [4.69, 9.17) is 4.74 Å². The van der Waals surface area contributed by atoms with E-state index in [1.54, 1.807) is 19.2 Å². The SMILES string of the molecule is COc1ccc(O)c(C(=O)N2CCCN(CC3CC3)[C@@H](C(C)C)C2)c1. The second-order valence-electron chi connectivity index (χ2n) is 7.74. The molecule has 1 N–H and O–H groups in total. The Labute approximate surface area is 150 Å². The van der Waals surface area contributed by atoms with Crippen LogP contribution < -0.4 is 4.74 Å². The van der Waals surface area contributed by atoms with Crippen LogP contribution in [0.1, 0.15) is 43.5 Å². The Morgan fingerprint density at radius 3 is 2.72 bits per heavy atom. The van der Waals surface area contributed by atoms with Crippen LogP contribution in [0.3, 0.4) is 0 Å². The summed E-state index contributed by atoms with van der Waals surface area (Å²) in [5, 5.41) is 10.1. The van der Waals surface area contributed by atoms with Crippen LogP contribution in [0.5, 0.6) is 11.5 Å². The third-order valence-corrected chi connectivity index (χ3v) is 5.43. The fourth-order valence-corrected chi connectivity index (χ4v) is 3.72. The molecule has 2 aliphatic rings. The zero-order chi connectivity index (χ0) is 18.0. The molecule has 1 aromatic carbocycles. The molecule has 1 aromatic rings. The van der Waals surface area contributed by atoms with E-state index in [9.17, 15) is 9.90 Å². The van der Waals surface area contributed by atoms with Crippen LogP contribution >= 0.6 is 0 Å². The van der Waals surface area contributed by atoms with Gasteiger partial charge in [-0.2, -0.15) is 0 Å². The highest BCUT2D eigenvalue weighted by Gasteiger charge is 2.34. The van der Waals surface area contributed by atoms with Crippen LogP contribution in [0.2, 0.25) is 0 Å². The number of carbonyl (C=O) groups excluding carboxylic acids is 1. The number of benzene rings is 1. The molecule has 1 aliphatic carbocycles. The zero-order valence-corrected chi connectivity index (χ0v) is 15.6. The van der Waals surface area contributed by atoms with Gasteiger partial charge < -0.3 is 14.7 Å². The monoisotopic (exact) mass is 346 g/mol. The first kappa shape index (κ1) is 18.1. The second kappa shape index (κ2) is 7.65. The highest BCUT2D eigenvalue weighted by Crippen LogP contribution is 2.32. The number of nitrogens with zero attached hydrogens (tertiary/aromatic N) is 2. The van der Waals surface area contributed by atoms with Crippen LogP contribution in [0.15, 0.2) is 18.2 Å². The summed E-state index contributed by atoms with van der Waals surface area (Å²) in [5.74, 6) is 1.85. The minimum atomic E-state index is -0.102. The highest BCUT2D eigenvalue weighted by atomic mass is 16.5. The third-order valence-electron chi connectivity index (χ3n) is 5.43. The number of hydrogen-bond acceptors (Lipinski definition) is 4. The molecule has 5 heteroatoms. The number of amides is 1. The molecule has 1 saturated heterocycles. The molecule has 1 aliphatic heterocycles. The third kappa shape index (κ3) is 4.27. The molecule has 5 nitrogen and oxygen atoms in total. The Morgan fingerprint density at radius 1 is 1.32 bits per heavy atom. The molecule has 0 spiro atoms. The molecule has 1 amide bonds. The van der Waals surface area contributed by atoms with Gasteiger partial charge in [0.25, 0.3) is 5.91 Å². The van der Waals surface area contributed by atoms with E-state index in [1.807, 2.05) is 4.90 Å². The average Bonchev–Trinajstić information content (AvgIpc) is 3.42. The van der Waals surface area contributed by atoms with Crippen molar-refractivity contribution in [2.45, 2.75) is 39.2 Å². The van der Waals surface area contributed by atoms with E-state index < -0.39 is 0 Å². The first-order chi connectivity index (χ1) is 12.0. The number of methoxy groups -OCH3 is 1. The molecular weight excluding hydrogens is 316 g/mol. The molecule has 0 unspecified atom stereocenters. The number of hydrogen-bond donors (Lipinski definition) is 1. The molecule has 1 heterocycles. The average molecular weight is 346 g/mol. The summed E-state index contributed by atoms with van der Waals surface area (Å²) in [5.41, 5.74) is 0.331. The molecular formula is C20H30N2O3. The molecule has 2 fully saturated rings. The predicted molar refractivity (Wildman–Crippen MR) is 98.1 cm³/mol. The van der Waals surface area contributed by atoms with Crippen molar-refractivity contribution in [2.24, 2.45) is 11.8 Å². The fourth-order valence-electron chi connectivity index (χ4n) is 3.72. The lowest BCUT2D eigenvalue weighted by atomic mass is 10.0. The van der Waals surface area contributed by atoms with Crippen LogP contribution in [0, 0.1) is 11.8 Å². The summed E-state index contributed by atoms with van der Waals surface area (Å²) < 4.78 is 5.21. The smallest absolute Gasteiger partial charge is 0.257 e. The second-order valence-corrected chi connectivity index (χ2v) is 7.74. The van der Waals surface area contributed by atoms with Crippen molar-refractivity contribution in [2.75, 3.05) is 33.3 Å². The lowest BCUT2D eigenvalue weighted by Gasteiger charge is -2.34. The molecule has 1 atom stereocenters. The Morgan fingerprint density at radius 2 is 2.08 bits per heavy atom. The van der Waals surface area contributed by atoms with E-state index in [-0.39, 0.29) is 11.7 Å². The summed E-state index contributed by atoms with van der Waals surface area (Å²) in [6.45, 7) is 8.14. The van der Waals surface area contributed by atoms with Crippen LogP contribution in [0.25, 0.3) is 0 Å². The summed E-state index contributed by atoms with van der Waals surface area (Å²) in [6, 6.07) is 5.21. The molecule has 3 rings (SSSR count). The Hall–Kier alpha value is -1.75. The van der Waals surface area contributed by atoms with Crippen molar-refractivity contribution in [3.63, 3.8) is 0 Å². The van der Waals surface area contributed by atoms with Gasteiger partial charge >= 0.3 is 0 Å². The van der Waals surface area contributed by atoms with Gasteiger partial charge in [-0.3, -0.25) is 9.69 Å². The predicted octanol–water partition coefficient (Wildman–Crippen LogP) is 2.98. The molecule has 25 heavy (non-hydrogen) atoms. The van der Waals surface area contributed by atoms with Crippen LogP contribution in [0.4, 0.5) is 0 Å². The van der Waals surface area contributed by atoms with Crippen LogP contribution in [-0.4, -0.2) is 60.1 Å². The number of carbonyl (C=O) groups is 1. The normalized spacial score (nSPS) is 22.1. The van der Waals surface area contributed by atoms with Gasteiger partial charge in [-0.25, -0.2) is 0 Å². The molecule has 0 bridgehead atoms. The van der Waals surface area contributed by atoms with Crippen molar-refractivity contribution >= 4 is 5.91 Å². The lowest BCUT2D eigenvalue weighted by Crippen LogP contribution is -2.46. The van der Waals surface area contributed by atoms with Crippen molar-refractivity contribution in [3.05, 3.63) is 23.8 Å². The Bertz CT molecular complexity index is 613. The van der Waals surface area contributed by atoms with E-state index in [2.05, 4.69) is 18.7 Å². The number of aromatic hydroxyl groups is 1. The van der Waals surface area contributed by atoms with E-state index in [0.29, 0.717) is 23.3 Å². The van der Waals surface area contributed by atoms with Crippen LogP contribution in [-0.2, 0) is 0 Å². The molecule has 0 aromatic heterocycles. The zero-order valence-electron chi connectivity index (χ0n) is 15.6. The van der Waals surface area contributed by atoms with Gasteiger partial charge in [0.15, 0.2) is 0 Å². The molecule has 1 saturated carbocycles. The first-order valence-corrected chi connectivity index (χ1v) is 9.40. The minimum Gasteiger partial charge on any atom is -0.507 e. The fraction of sp³-hybridized carbons (Fsp3) is 0.650. The highest BCUT2D eigenvalue weighted by molar-refractivity contribution is 5.97. The van der Waals surface area contributed by atoms with Crippen molar-refractivity contribution in [1.82, 2.24) is 9.80 Å². The van der Waals surface area contributed by atoms with Gasteiger partial charge in [-0.1, -0.05) is 13.8 Å². The van der Waals surface area contributed by atoms with Gasteiger partial charge in [0.2, 0.25) is 0 Å². The number of rotatable bonds is 5. The maximum absolute atomic E-state index is 13.0. The number of ether oxygens (including phenoxy) is 1. The quantitative estimate of drug-likeness (QED) is 0.890. The number of phenols is 1. The summed E-state index contributed by atoms with van der Waals surface area (Å²) in [4.78, 5) is 17.5. The van der Waals surface area contributed by atoms with Gasteiger partial charge in [0, 0.05) is 32.2 Å².